The fraction of sp³-hybridized carbons (Fsp3) is 0.727. The highest BCUT2D eigenvalue weighted by Gasteiger charge is 2.40. The van der Waals surface area contributed by atoms with E-state index in [4.69, 9.17) is 9.47 Å². The van der Waals surface area contributed by atoms with E-state index in [1.54, 1.807) is 14.2 Å². The lowest BCUT2D eigenvalue weighted by Crippen LogP contribution is -2.39. The Morgan fingerprint density at radius 3 is 1.88 bits per heavy atom. The van der Waals surface area contributed by atoms with Gasteiger partial charge in [-0.15, -0.1) is 0 Å². The summed E-state index contributed by atoms with van der Waals surface area (Å²) in [5.41, 5.74) is 1.14. The van der Waals surface area contributed by atoms with Crippen molar-refractivity contribution in [2.24, 2.45) is 5.92 Å². The molecule has 0 amide bonds. The fourth-order valence-electron chi connectivity index (χ4n) is 3.70. The first-order valence-corrected chi connectivity index (χ1v) is 9.90. The van der Waals surface area contributed by atoms with E-state index in [0.29, 0.717) is 5.92 Å². The van der Waals surface area contributed by atoms with Gasteiger partial charge in [-0.2, -0.15) is 0 Å². The molecule has 24 heavy (non-hydrogen) atoms. The largest absolute Gasteiger partial charge is 0.349 e. The zero-order valence-electron chi connectivity index (χ0n) is 16.4. The molecule has 1 aromatic rings. The van der Waals surface area contributed by atoms with Gasteiger partial charge in [-0.25, -0.2) is 0 Å². The summed E-state index contributed by atoms with van der Waals surface area (Å²) in [6.45, 7) is 4.53. The van der Waals surface area contributed by atoms with Gasteiger partial charge < -0.3 is 9.47 Å². The minimum absolute atomic E-state index is 0.404. The third kappa shape index (κ3) is 6.22. The van der Waals surface area contributed by atoms with Crippen LogP contribution in [0.2, 0.25) is 0 Å². The van der Waals surface area contributed by atoms with E-state index in [1.165, 1.54) is 57.8 Å². The monoisotopic (exact) mass is 334 g/mol. The second-order valence-corrected chi connectivity index (χ2v) is 6.84. The zero-order valence-corrected chi connectivity index (χ0v) is 16.4. The smallest absolute Gasteiger partial charge is 0.197 e. The third-order valence-corrected chi connectivity index (χ3v) is 5.13. The molecule has 1 unspecified atom stereocenters. The highest BCUT2D eigenvalue weighted by molar-refractivity contribution is 5.21. The Kier molecular flexibility index (Phi) is 11.0. The molecule has 2 heteroatoms. The van der Waals surface area contributed by atoms with E-state index in [9.17, 15) is 0 Å². The molecule has 0 saturated heterocycles. The van der Waals surface area contributed by atoms with Gasteiger partial charge >= 0.3 is 0 Å². The van der Waals surface area contributed by atoms with Crippen LogP contribution in [0, 0.1) is 5.92 Å². The van der Waals surface area contributed by atoms with Gasteiger partial charge in [-0.1, -0.05) is 95.5 Å². The molecule has 138 valence electrons. The standard InChI is InChI=1S/C22H38O2/c1-5-7-9-10-11-13-17-20(16-8-6-2)22(23-3,24-4)21-18-14-12-15-19-21/h12,14-15,18-20H,5-11,13,16-17H2,1-4H3. The lowest BCUT2D eigenvalue weighted by Gasteiger charge is -2.39. The Balaban J connectivity index is 2.77. The number of rotatable bonds is 14. The van der Waals surface area contributed by atoms with Gasteiger partial charge in [0.25, 0.3) is 0 Å². The van der Waals surface area contributed by atoms with Crippen LogP contribution in [0.3, 0.4) is 0 Å². The second-order valence-electron chi connectivity index (χ2n) is 6.84. The first kappa shape index (κ1) is 21.2. The Hall–Kier alpha value is -0.860. The first-order chi connectivity index (χ1) is 11.7. The number of hydrogen-bond acceptors (Lipinski definition) is 2. The normalized spacial score (nSPS) is 13.2. The van der Waals surface area contributed by atoms with E-state index in [-0.39, 0.29) is 0 Å². The summed E-state index contributed by atoms with van der Waals surface area (Å²) in [7, 11) is 3.58. The van der Waals surface area contributed by atoms with Crippen molar-refractivity contribution in [3.63, 3.8) is 0 Å². The van der Waals surface area contributed by atoms with Crippen molar-refractivity contribution >= 4 is 0 Å². The lowest BCUT2D eigenvalue weighted by atomic mass is 9.83. The molecule has 2 nitrogen and oxygen atoms in total. The number of hydrogen-bond donors (Lipinski definition) is 0. The maximum Gasteiger partial charge on any atom is 0.197 e. The van der Waals surface area contributed by atoms with Crippen molar-refractivity contribution in [1.29, 1.82) is 0 Å². The SMILES string of the molecule is CCCCCCCCC(CCCC)C(OC)(OC)c1ccccc1. The highest BCUT2D eigenvalue weighted by atomic mass is 16.7. The molecule has 1 atom stereocenters. The summed E-state index contributed by atoms with van der Waals surface area (Å²) in [6.07, 6.45) is 12.7. The van der Waals surface area contributed by atoms with Gasteiger partial charge in [0.1, 0.15) is 0 Å². The van der Waals surface area contributed by atoms with Gasteiger partial charge in [0.05, 0.1) is 0 Å². The van der Waals surface area contributed by atoms with E-state index < -0.39 is 5.79 Å². The van der Waals surface area contributed by atoms with Crippen LogP contribution in [-0.4, -0.2) is 14.2 Å². The number of ether oxygens (including phenoxy) is 2. The summed E-state index contributed by atoms with van der Waals surface area (Å²) < 4.78 is 12.0. The van der Waals surface area contributed by atoms with E-state index in [1.807, 2.05) is 6.07 Å². The minimum Gasteiger partial charge on any atom is -0.349 e. The fourth-order valence-corrected chi connectivity index (χ4v) is 3.70. The number of benzene rings is 1. The summed E-state index contributed by atoms with van der Waals surface area (Å²) in [6, 6.07) is 10.5. The Morgan fingerprint density at radius 2 is 1.29 bits per heavy atom. The van der Waals surface area contributed by atoms with Crippen molar-refractivity contribution < 1.29 is 9.47 Å². The molecular formula is C22H38O2. The Morgan fingerprint density at radius 1 is 0.750 bits per heavy atom. The number of unbranched alkanes of at least 4 members (excludes halogenated alkanes) is 6. The molecule has 0 aromatic heterocycles. The molecule has 0 radical (unpaired) electrons. The van der Waals surface area contributed by atoms with Gasteiger partial charge in [0, 0.05) is 25.7 Å². The Bertz CT molecular complexity index is 398. The quantitative estimate of drug-likeness (QED) is 0.279. The summed E-state index contributed by atoms with van der Waals surface area (Å²) in [4.78, 5) is 0. The molecule has 0 aliphatic carbocycles. The molecule has 0 aliphatic rings. The summed E-state index contributed by atoms with van der Waals surface area (Å²) in [5, 5.41) is 0. The lowest BCUT2D eigenvalue weighted by molar-refractivity contribution is -0.253. The van der Waals surface area contributed by atoms with Crippen LogP contribution in [0.25, 0.3) is 0 Å². The predicted octanol–water partition coefficient (Wildman–Crippen LogP) is 6.69. The van der Waals surface area contributed by atoms with Crippen molar-refractivity contribution in [3.8, 4) is 0 Å². The van der Waals surface area contributed by atoms with Gasteiger partial charge in [-0.05, 0) is 12.8 Å². The van der Waals surface area contributed by atoms with Crippen LogP contribution in [-0.2, 0) is 15.3 Å². The van der Waals surface area contributed by atoms with Crippen molar-refractivity contribution in [2.75, 3.05) is 14.2 Å². The predicted molar refractivity (Wildman–Crippen MR) is 103 cm³/mol. The average Bonchev–Trinajstić information content (AvgIpc) is 2.64. The molecule has 1 rings (SSSR count). The van der Waals surface area contributed by atoms with Crippen molar-refractivity contribution in [1.82, 2.24) is 0 Å². The summed E-state index contributed by atoms with van der Waals surface area (Å²) in [5.74, 6) is -0.208. The van der Waals surface area contributed by atoms with Crippen LogP contribution in [0.1, 0.15) is 83.6 Å². The molecule has 0 heterocycles. The van der Waals surface area contributed by atoms with Crippen molar-refractivity contribution in [2.45, 2.75) is 83.8 Å². The molecule has 1 aromatic carbocycles. The van der Waals surface area contributed by atoms with Gasteiger partial charge in [-0.3, -0.25) is 0 Å². The molecule has 0 fully saturated rings. The van der Waals surface area contributed by atoms with Crippen LogP contribution >= 0.6 is 0 Å². The van der Waals surface area contributed by atoms with Crippen molar-refractivity contribution in [3.05, 3.63) is 35.9 Å². The maximum atomic E-state index is 6.01. The second kappa shape index (κ2) is 12.5. The van der Waals surface area contributed by atoms with E-state index >= 15 is 0 Å². The van der Waals surface area contributed by atoms with Crippen LogP contribution in [0.4, 0.5) is 0 Å². The van der Waals surface area contributed by atoms with E-state index in [2.05, 4.69) is 38.1 Å². The minimum atomic E-state index is -0.611. The molecule has 0 saturated carbocycles. The highest BCUT2D eigenvalue weighted by Crippen LogP contribution is 2.40. The van der Waals surface area contributed by atoms with E-state index in [0.717, 1.165) is 12.0 Å². The van der Waals surface area contributed by atoms with Gasteiger partial charge in [0.2, 0.25) is 0 Å². The van der Waals surface area contributed by atoms with Crippen LogP contribution in [0.15, 0.2) is 30.3 Å². The molecule has 0 bridgehead atoms. The maximum absolute atomic E-state index is 6.01. The number of methoxy groups -OCH3 is 2. The van der Waals surface area contributed by atoms with Crippen LogP contribution < -0.4 is 0 Å². The van der Waals surface area contributed by atoms with Crippen LogP contribution in [0.5, 0.6) is 0 Å². The molecule has 0 N–H and O–H groups in total. The van der Waals surface area contributed by atoms with Gasteiger partial charge in [0.15, 0.2) is 5.79 Å². The molecule has 0 aliphatic heterocycles. The first-order valence-electron chi connectivity index (χ1n) is 9.90. The Labute approximate surface area is 149 Å². The summed E-state index contributed by atoms with van der Waals surface area (Å²) >= 11 is 0. The zero-order chi connectivity index (χ0) is 17.7. The topological polar surface area (TPSA) is 18.5 Å². The average molecular weight is 335 g/mol. The molecular weight excluding hydrogens is 296 g/mol. The third-order valence-electron chi connectivity index (χ3n) is 5.13. The molecule has 0 spiro atoms.